The number of phenols is 1. The molecule has 0 spiro atoms. The molecule has 2 aromatic carbocycles. The fraction of sp³-hybridized carbons (Fsp3) is 0.345. The van der Waals surface area contributed by atoms with Gasteiger partial charge in [0.25, 0.3) is 5.91 Å². The van der Waals surface area contributed by atoms with Crippen LogP contribution in [0.1, 0.15) is 28.4 Å². The molecule has 0 radical (unpaired) electrons. The first-order chi connectivity index (χ1) is 18.5. The minimum Gasteiger partial charge on any atom is -0.504 e. The highest BCUT2D eigenvalue weighted by molar-refractivity contribution is 6.05. The molecule has 196 valence electrons. The number of hydrogen-bond acceptors (Lipinski definition) is 8. The van der Waals surface area contributed by atoms with Crippen LogP contribution in [0.5, 0.6) is 17.2 Å². The van der Waals surface area contributed by atoms with E-state index in [4.69, 9.17) is 14.7 Å². The number of carbonyl (C=O) groups is 1. The number of carbonyl (C=O) groups excluding carboxylic acids is 1. The Hall–Kier alpha value is -4.29. The second kappa shape index (κ2) is 11.0. The SMILES string of the molecule is Cc1cc(O)c2c(c1N1CCN([C@H](C)CN(C(=O)c3ccc(C#N)cc3)c3ccccn3)CC1)OCCO2. The van der Waals surface area contributed by atoms with Gasteiger partial charge >= 0.3 is 0 Å². The lowest BCUT2D eigenvalue weighted by Gasteiger charge is -2.41. The number of pyridine rings is 1. The first kappa shape index (κ1) is 25.4. The van der Waals surface area contributed by atoms with Crippen LogP contribution in [0.15, 0.2) is 54.7 Å². The number of phenolic OH excluding ortho intramolecular Hbond substituents is 1. The second-order valence-corrected chi connectivity index (χ2v) is 9.58. The molecular weight excluding hydrogens is 482 g/mol. The summed E-state index contributed by atoms with van der Waals surface area (Å²) in [7, 11) is 0. The van der Waals surface area contributed by atoms with E-state index in [1.54, 1.807) is 41.4 Å². The molecule has 0 saturated carbocycles. The van der Waals surface area contributed by atoms with Crippen LogP contribution in [-0.4, -0.2) is 72.9 Å². The molecular formula is C29H31N5O4. The minimum absolute atomic E-state index is 0.0795. The summed E-state index contributed by atoms with van der Waals surface area (Å²) >= 11 is 0. The maximum absolute atomic E-state index is 13.5. The number of hydrogen-bond donors (Lipinski definition) is 1. The van der Waals surface area contributed by atoms with E-state index in [0.717, 1.165) is 37.4 Å². The van der Waals surface area contributed by atoms with Gasteiger partial charge in [-0.2, -0.15) is 5.26 Å². The third kappa shape index (κ3) is 5.08. The van der Waals surface area contributed by atoms with Crippen molar-refractivity contribution < 1.29 is 19.4 Å². The van der Waals surface area contributed by atoms with Gasteiger partial charge < -0.3 is 19.5 Å². The molecule has 1 aromatic heterocycles. The Morgan fingerprint density at radius 1 is 1.11 bits per heavy atom. The van der Waals surface area contributed by atoms with Gasteiger partial charge in [0.2, 0.25) is 5.75 Å². The molecule has 38 heavy (non-hydrogen) atoms. The Morgan fingerprint density at radius 3 is 2.47 bits per heavy atom. The van der Waals surface area contributed by atoms with Crippen molar-refractivity contribution in [1.29, 1.82) is 5.26 Å². The van der Waals surface area contributed by atoms with Crippen molar-refractivity contribution in [3.05, 3.63) is 71.4 Å². The Kier molecular flexibility index (Phi) is 7.33. The Morgan fingerprint density at radius 2 is 1.82 bits per heavy atom. The zero-order valence-electron chi connectivity index (χ0n) is 21.6. The van der Waals surface area contributed by atoms with Gasteiger partial charge in [-0.05, 0) is 61.9 Å². The standard InChI is InChI=1S/C29H31N5O4/c1-20-17-24(35)27-28(38-16-15-37-27)26(20)33-13-11-32(12-14-33)21(2)19-34(25-5-3-4-10-31-25)29(36)23-8-6-22(18-30)7-9-23/h3-10,17,21,35H,11-16,19H2,1-2H3/t21-/m1/s1. The van der Waals surface area contributed by atoms with E-state index in [9.17, 15) is 9.90 Å². The molecule has 1 N–H and O–H groups in total. The van der Waals surface area contributed by atoms with E-state index in [1.165, 1.54) is 0 Å². The first-order valence-electron chi connectivity index (χ1n) is 12.8. The van der Waals surface area contributed by atoms with Crippen LogP contribution >= 0.6 is 0 Å². The lowest BCUT2D eigenvalue weighted by atomic mass is 10.1. The Bertz CT molecular complexity index is 1330. The minimum atomic E-state index is -0.151. The zero-order valence-corrected chi connectivity index (χ0v) is 21.6. The van der Waals surface area contributed by atoms with E-state index in [1.807, 2.05) is 25.1 Å². The van der Waals surface area contributed by atoms with E-state index in [2.05, 4.69) is 27.8 Å². The molecule has 3 heterocycles. The lowest BCUT2D eigenvalue weighted by Crippen LogP contribution is -2.53. The van der Waals surface area contributed by atoms with Gasteiger partial charge in [0.15, 0.2) is 11.5 Å². The Labute approximate surface area is 222 Å². The molecule has 1 fully saturated rings. The van der Waals surface area contributed by atoms with E-state index < -0.39 is 0 Å². The number of nitriles is 1. The average molecular weight is 514 g/mol. The number of aromatic hydroxyl groups is 1. The highest BCUT2D eigenvalue weighted by atomic mass is 16.6. The summed E-state index contributed by atoms with van der Waals surface area (Å²) < 4.78 is 11.6. The van der Waals surface area contributed by atoms with Crippen LogP contribution in [0.25, 0.3) is 0 Å². The molecule has 2 aliphatic rings. The molecule has 2 aliphatic heterocycles. The number of rotatable bonds is 6. The fourth-order valence-electron chi connectivity index (χ4n) is 5.10. The molecule has 3 aromatic rings. The molecule has 0 bridgehead atoms. The fourth-order valence-corrected chi connectivity index (χ4v) is 5.10. The summed E-state index contributed by atoms with van der Waals surface area (Å²) in [6.45, 7) is 8.61. The van der Waals surface area contributed by atoms with E-state index in [-0.39, 0.29) is 17.7 Å². The predicted molar refractivity (Wildman–Crippen MR) is 144 cm³/mol. The highest BCUT2D eigenvalue weighted by Gasteiger charge is 2.30. The van der Waals surface area contributed by atoms with Crippen LogP contribution in [0.3, 0.4) is 0 Å². The average Bonchev–Trinajstić information content (AvgIpc) is 2.96. The summed E-state index contributed by atoms with van der Waals surface area (Å²) in [6, 6.07) is 16.1. The highest BCUT2D eigenvalue weighted by Crippen LogP contribution is 2.48. The quantitative estimate of drug-likeness (QED) is 0.534. The van der Waals surface area contributed by atoms with Crippen molar-refractivity contribution in [2.75, 3.05) is 55.7 Å². The smallest absolute Gasteiger partial charge is 0.259 e. The molecule has 9 nitrogen and oxygen atoms in total. The molecule has 0 unspecified atom stereocenters. The number of amides is 1. The number of piperazine rings is 1. The summed E-state index contributed by atoms with van der Waals surface area (Å²) in [5.41, 5.74) is 2.94. The largest absolute Gasteiger partial charge is 0.504 e. The maximum atomic E-state index is 13.5. The second-order valence-electron chi connectivity index (χ2n) is 9.58. The lowest BCUT2D eigenvalue weighted by molar-refractivity contribution is 0.0973. The molecule has 5 rings (SSSR count). The number of fused-ring (bicyclic) bond motifs is 1. The van der Waals surface area contributed by atoms with Gasteiger partial charge in [0.05, 0.1) is 17.3 Å². The van der Waals surface area contributed by atoms with Crippen LogP contribution in [0.4, 0.5) is 11.5 Å². The van der Waals surface area contributed by atoms with Gasteiger partial charge in [-0.3, -0.25) is 14.6 Å². The summed E-state index contributed by atoms with van der Waals surface area (Å²) in [6.07, 6.45) is 1.68. The van der Waals surface area contributed by atoms with Crippen molar-refractivity contribution >= 4 is 17.4 Å². The third-order valence-electron chi connectivity index (χ3n) is 7.09. The van der Waals surface area contributed by atoms with Crippen molar-refractivity contribution in [1.82, 2.24) is 9.88 Å². The third-order valence-corrected chi connectivity index (χ3v) is 7.09. The van der Waals surface area contributed by atoms with Crippen molar-refractivity contribution in [3.8, 4) is 23.3 Å². The van der Waals surface area contributed by atoms with Gasteiger partial charge in [0, 0.05) is 50.5 Å². The van der Waals surface area contributed by atoms with Crippen LogP contribution in [0, 0.1) is 18.3 Å². The van der Waals surface area contributed by atoms with Crippen LogP contribution in [-0.2, 0) is 0 Å². The van der Waals surface area contributed by atoms with Gasteiger partial charge in [-0.25, -0.2) is 4.98 Å². The Balaban J connectivity index is 1.30. The van der Waals surface area contributed by atoms with E-state index in [0.29, 0.717) is 48.2 Å². The topological polar surface area (TPSA) is 102 Å². The molecule has 1 saturated heterocycles. The molecule has 1 atom stereocenters. The van der Waals surface area contributed by atoms with E-state index >= 15 is 0 Å². The number of aryl methyl sites for hydroxylation is 1. The van der Waals surface area contributed by atoms with Crippen molar-refractivity contribution in [2.45, 2.75) is 19.9 Å². The van der Waals surface area contributed by atoms with Crippen LogP contribution < -0.4 is 19.3 Å². The van der Waals surface area contributed by atoms with Crippen molar-refractivity contribution in [3.63, 3.8) is 0 Å². The number of anilines is 2. The monoisotopic (exact) mass is 513 g/mol. The molecule has 0 aliphatic carbocycles. The molecule has 9 heteroatoms. The first-order valence-corrected chi connectivity index (χ1v) is 12.8. The van der Waals surface area contributed by atoms with Gasteiger partial charge in [0.1, 0.15) is 19.0 Å². The predicted octanol–water partition coefficient (Wildman–Crippen LogP) is 3.60. The summed E-state index contributed by atoms with van der Waals surface area (Å²) in [5.74, 6) is 1.58. The zero-order chi connectivity index (χ0) is 26.6. The van der Waals surface area contributed by atoms with Gasteiger partial charge in [-0.15, -0.1) is 0 Å². The summed E-state index contributed by atoms with van der Waals surface area (Å²) in [5, 5.41) is 19.4. The van der Waals surface area contributed by atoms with Crippen LogP contribution in [0.2, 0.25) is 0 Å². The normalized spacial score (nSPS) is 16.0. The van der Waals surface area contributed by atoms with Gasteiger partial charge in [-0.1, -0.05) is 6.07 Å². The summed E-state index contributed by atoms with van der Waals surface area (Å²) in [4.78, 5) is 24.3. The van der Waals surface area contributed by atoms with Crippen molar-refractivity contribution in [2.24, 2.45) is 0 Å². The number of benzene rings is 2. The number of ether oxygens (including phenoxy) is 2. The molecule has 1 amide bonds. The number of aromatic nitrogens is 1. The number of nitrogens with zero attached hydrogens (tertiary/aromatic N) is 5. The maximum Gasteiger partial charge on any atom is 0.259 e.